The largest absolute Gasteiger partial charge is 0.389 e. The minimum absolute atomic E-state index is 0.00904. The van der Waals surface area contributed by atoms with Crippen LogP contribution >= 0.6 is 11.6 Å². The summed E-state index contributed by atoms with van der Waals surface area (Å²) in [6, 6.07) is 1.77. The molecule has 0 amide bonds. The summed E-state index contributed by atoms with van der Waals surface area (Å²) in [5.41, 5.74) is 1.53. The van der Waals surface area contributed by atoms with Gasteiger partial charge in [-0.3, -0.25) is 4.98 Å². The molecule has 0 radical (unpaired) electrons. The highest BCUT2D eigenvalue weighted by atomic mass is 35.5. The lowest BCUT2D eigenvalue weighted by Crippen LogP contribution is -2.19. The summed E-state index contributed by atoms with van der Waals surface area (Å²) in [7, 11) is 0. The van der Waals surface area contributed by atoms with Crippen molar-refractivity contribution in [2.24, 2.45) is 0 Å². The van der Waals surface area contributed by atoms with Crippen molar-refractivity contribution in [1.29, 1.82) is 0 Å². The van der Waals surface area contributed by atoms with Crippen molar-refractivity contribution >= 4 is 11.6 Å². The van der Waals surface area contributed by atoms with Gasteiger partial charge < -0.3 is 10.2 Å². The Balaban J connectivity index is 2.82. The van der Waals surface area contributed by atoms with Crippen LogP contribution in [0.1, 0.15) is 17.2 Å². The normalized spacial score (nSPS) is 15.4. The van der Waals surface area contributed by atoms with Crippen LogP contribution in [-0.2, 0) is 0 Å². The van der Waals surface area contributed by atoms with Gasteiger partial charge in [0.05, 0.1) is 12.0 Å². The van der Waals surface area contributed by atoms with Gasteiger partial charge in [0.1, 0.15) is 6.10 Å². The second kappa shape index (κ2) is 4.56. The number of alkyl halides is 1. The average molecular weight is 202 g/mol. The number of rotatable bonds is 3. The Bertz CT molecular complexity index is 280. The number of halogens is 1. The molecule has 0 saturated heterocycles. The Morgan fingerprint density at radius 1 is 1.46 bits per heavy atom. The standard InChI is InChI=1S/C9H12ClNO2/c1-6-2-7(5-11-4-6)9(13)8(12)3-10/h2,4-5,8-9,12-13H,3H2,1H3. The van der Waals surface area contributed by atoms with E-state index in [1.54, 1.807) is 12.3 Å². The number of pyridine rings is 1. The molecule has 0 aliphatic heterocycles. The molecule has 0 saturated carbocycles. The van der Waals surface area contributed by atoms with E-state index in [0.717, 1.165) is 5.56 Å². The molecule has 2 N–H and O–H groups in total. The van der Waals surface area contributed by atoms with Gasteiger partial charge in [-0.05, 0) is 12.5 Å². The molecule has 2 atom stereocenters. The third kappa shape index (κ3) is 2.66. The zero-order valence-electron chi connectivity index (χ0n) is 7.31. The maximum absolute atomic E-state index is 9.54. The number of aromatic nitrogens is 1. The van der Waals surface area contributed by atoms with Gasteiger partial charge in [0.25, 0.3) is 0 Å². The summed E-state index contributed by atoms with van der Waals surface area (Å²) in [6.07, 6.45) is 1.31. The first-order valence-corrected chi connectivity index (χ1v) is 4.52. The molecule has 72 valence electrons. The lowest BCUT2D eigenvalue weighted by molar-refractivity contribution is 0.0325. The van der Waals surface area contributed by atoms with Crippen LogP contribution < -0.4 is 0 Å². The van der Waals surface area contributed by atoms with Crippen molar-refractivity contribution in [1.82, 2.24) is 4.98 Å². The predicted octanol–water partition coefficient (Wildman–Crippen LogP) is 1.02. The highest BCUT2D eigenvalue weighted by Crippen LogP contribution is 2.17. The fourth-order valence-electron chi connectivity index (χ4n) is 1.05. The van der Waals surface area contributed by atoms with Crippen LogP contribution in [0.25, 0.3) is 0 Å². The monoisotopic (exact) mass is 201 g/mol. The number of hydrogen-bond donors (Lipinski definition) is 2. The van der Waals surface area contributed by atoms with E-state index in [0.29, 0.717) is 5.56 Å². The van der Waals surface area contributed by atoms with E-state index in [2.05, 4.69) is 4.98 Å². The van der Waals surface area contributed by atoms with Crippen molar-refractivity contribution in [3.8, 4) is 0 Å². The Morgan fingerprint density at radius 2 is 2.15 bits per heavy atom. The molecule has 4 heteroatoms. The molecule has 0 bridgehead atoms. The topological polar surface area (TPSA) is 53.4 Å². The molecule has 0 aliphatic carbocycles. The molecule has 0 fully saturated rings. The highest BCUT2D eigenvalue weighted by molar-refractivity contribution is 6.18. The second-order valence-corrected chi connectivity index (χ2v) is 3.27. The zero-order valence-corrected chi connectivity index (χ0v) is 8.07. The smallest absolute Gasteiger partial charge is 0.108 e. The molecule has 0 aromatic carbocycles. The summed E-state index contributed by atoms with van der Waals surface area (Å²) in [4.78, 5) is 3.91. The molecule has 0 spiro atoms. The predicted molar refractivity (Wildman–Crippen MR) is 50.7 cm³/mol. The Hall–Kier alpha value is -0.640. The molecule has 1 rings (SSSR count). The van der Waals surface area contributed by atoms with Gasteiger partial charge in [0.15, 0.2) is 0 Å². The van der Waals surface area contributed by atoms with Gasteiger partial charge in [-0.1, -0.05) is 6.07 Å². The van der Waals surface area contributed by atoms with E-state index >= 15 is 0 Å². The molecule has 3 nitrogen and oxygen atoms in total. The van der Waals surface area contributed by atoms with E-state index < -0.39 is 12.2 Å². The number of aliphatic hydroxyl groups excluding tert-OH is 2. The number of aliphatic hydroxyl groups is 2. The average Bonchev–Trinajstić information content (AvgIpc) is 2.15. The first-order valence-electron chi connectivity index (χ1n) is 3.99. The van der Waals surface area contributed by atoms with Crippen molar-refractivity contribution < 1.29 is 10.2 Å². The zero-order chi connectivity index (χ0) is 9.84. The van der Waals surface area contributed by atoms with Crippen LogP contribution in [0.5, 0.6) is 0 Å². The summed E-state index contributed by atoms with van der Waals surface area (Å²) < 4.78 is 0. The van der Waals surface area contributed by atoms with Crippen LogP contribution in [0.2, 0.25) is 0 Å². The van der Waals surface area contributed by atoms with Crippen LogP contribution in [0.3, 0.4) is 0 Å². The molecule has 1 aromatic rings. The SMILES string of the molecule is Cc1cncc(C(O)C(O)CCl)c1. The van der Waals surface area contributed by atoms with Crippen LogP contribution in [-0.4, -0.2) is 27.2 Å². The maximum Gasteiger partial charge on any atom is 0.108 e. The Morgan fingerprint density at radius 3 is 2.69 bits per heavy atom. The Kier molecular flexibility index (Phi) is 3.66. The van der Waals surface area contributed by atoms with Crippen LogP contribution in [0.4, 0.5) is 0 Å². The molecule has 2 unspecified atom stereocenters. The number of aryl methyl sites for hydroxylation is 1. The van der Waals surface area contributed by atoms with Gasteiger partial charge in [-0.15, -0.1) is 11.6 Å². The molecule has 1 heterocycles. The van der Waals surface area contributed by atoms with E-state index in [1.165, 1.54) is 6.20 Å². The van der Waals surface area contributed by atoms with E-state index in [9.17, 15) is 10.2 Å². The van der Waals surface area contributed by atoms with Crippen LogP contribution in [0, 0.1) is 6.92 Å². The molecule has 13 heavy (non-hydrogen) atoms. The van der Waals surface area contributed by atoms with E-state index in [4.69, 9.17) is 11.6 Å². The van der Waals surface area contributed by atoms with Crippen molar-refractivity contribution in [2.45, 2.75) is 19.1 Å². The Labute approximate surface area is 82.0 Å². The van der Waals surface area contributed by atoms with Gasteiger partial charge in [0.2, 0.25) is 0 Å². The molecular formula is C9H12ClNO2. The summed E-state index contributed by atoms with van der Waals surface area (Å²) >= 11 is 5.41. The lowest BCUT2D eigenvalue weighted by Gasteiger charge is -2.15. The second-order valence-electron chi connectivity index (χ2n) is 2.96. The minimum atomic E-state index is -0.954. The fourth-order valence-corrected chi connectivity index (χ4v) is 1.22. The van der Waals surface area contributed by atoms with Gasteiger partial charge >= 0.3 is 0 Å². The highest BCUT2D eigenvalue weighted by Gasteiger charge is 2.17. The van der Waals surface area contributed by atoms with E-state index in [-0.39, 0.29) is 5.88 Å². The van der Waals surface area contributed by atoms with Gasteiger partial charge in [0, 0.05) is 18.0 Å². The number of nitrogens with zero attached hydrogens (tertiary/aromatic N) is 1. The lowest BCUT2D eigenvalue weighted by atomic mass is 10.1. The summed E-state index contributed by atoms with van der Waals surface area (Å²) in [5, 5.41) is 18.8. The number of hydrogen-bond acceptors (Lipinski definition) is 3. The first-order chi connectivity index (χ1) is 6.15. The van der Waals surface area contributed by atoms with Gasteiger partial charge in [-0.25, -0.2) is 0 Å². The molecular weight excluding hydrogens is 190 g/mol. The third-order valence-electron chi connectivity index (χ3n) is 1.76. The van der Waals surface area contributed by atoms with Crippen molar-refractivity contribution in [2.75, 3.05) is 5.88 Å². The van der Waals surface area contributed by atoms with Crippen molar-refractivity contribution in [3.05, 3.63) is 29.6 Å². The molecule has 1 aromatic heterocycles. The first kappa shape index (κ1) is 10.4. The van der Waals surface area contributed by atoms with Crippen molar-refractivity contribution in [3.63, 3.8) is 0 Å². The third-order valence-corrected chi connectivity index (χ3v) is 2.08. The van der Waals surface area contributed by atoms with Crippen LogP contribution in [0.15, 0.2) is 18.5 Å². The van der Waals surface area contributed by atoms with Gasteiger partial charge in [-0.2, -0.15) is 0 Å². The van der Waals surface area contributed by atoms with E-state index in [1.807, 2.05) is 6.92 Å². The minimum Gasteiger partial charge on any atom is -0.389 e. The maximum atomic E-state index is 9.54. The molecule has 0 aliphatic rings. The summed E-state index contributed by atoms with van der Waals surface area (Å²) in [5.74, 6) is 0.00904. The summed E-state index contributed by atoms with van der Waals surface area (Å²) in [6.45, 7) is 1.87. The fraction of sp³-hybridized carbons (Fsp3) is 0.444. The quantitative estimate of drug-likeness (QED) is 0.719.